The molecule has 7 nitrogen and oxygen atoms in total. The van der Waals surface area contributed by atoms with Gasteiger partial charge >= 0.3 is 5.69 Å². The maximum absolute atomic E-state index is 11.0. The van der Waals surface area contributed by atoms with Crippen molar-refractivity contribution >= 4 is 0 Å². The highest BCUT2D eigenvalue weighted by Crippen LogP contribution is 2.10. The predicted octanol–water partition coefficient (Wildman–Crippen LogP) is -0.539. The van der Waals surface area contributed by atoms with Gasteiger partial charge in [0.1, 0.15) is 5.69 Å². The minimum atomic E-state index is -0.607. The van der Waals surface area contributed by atoms with Crippen LogP contribution in [-0.2, 0) is 4.74 Å². The minimum absolute atomic E-state index is 0.392. The molecule has 0 atom stereocenters. The van der Waals surface area contributed by atoms with Crippen LogP contribution in [0.5, 0.6) is 0 Å². The monoisotopic (exact) mass is 236 g/mol. The second-order valence-electron chi connectivity index (χ2n) is 3.39. The fourth-order valence-corrected chi connectivity index (χ4v) is 1.43. The first-order chi connectivity index (χ1) is 8.20. The molecule has 0 saturated carbocycles. The van der Waals surface area contributed by atoms with Crippen molar-refractivity contribution in [3.8, 4) is 11.4 Å². The van der Waals surface area contributed by atoms with Crippen molar-refractivity contribution in [2.75, 3.05) is 20.3 Å². The van der Waals surface area contributed by atoms with Crippen molar-refractivity contribution in [3.05, 3.63) is 34.0 Å². The zero-order valence-electron chi connectivity index (χ0n) is 9.25. The third-order valence-electron chi connectivity index (χ3n) is 2.20. The van der Waals surface area contributed by atoms with E-state index in [1.165, 1.54) is 0 Å². The van der Waals surface area contributed by atoms with Gasteiger partial charge < -0.3 is 9.94 Å². The molecule has 0 spiro atoms. The maximum Gasteiger partial charge on any atom is 0.362 e. The number of nitrogens with one attached hydrogen (secondary N) is 1. The van der Waals surface area contributed by atoms with Crippen molar-refractivity contribution in [2.24, 2.45) is 4.99 Å². The Balaban J connectivity index is 2.47. The third-order valence-corrected chi connectivity index (χ3v) is 2.20. The van der Waals surface area contributed by atoms with Gasteiger partial charge in [-0.25, -0.2) is 9.89 Å². The summed E-state index contributed by atoms with van der Waals surface area (Å²) in [5, 5.41) is 12.3. The van der Waals surface area contributed by atoms with Crippen LogP contribution in [0.1, 0.15) is 0 Å². The van der Waals surface area contributed by atoms with Crippen LogP contribution in [-0.4, -0.2) is 40.4 Å². The van der Waals surface area contributed by atoms with E-state index < -0.39 is 5.69 Å². The quantitative estimate of drug-likeness (QED) is 0.553. The molecule has 0 saturated heterocycles. The van der Waals surface area contributed by atoms with Crippen LogP contribution < -0.4 is 11.0 Å². The summed E-state index contributed by atoms with van der Waals surface area (Å²) in [6, 6.07) is 4.99. The Labute approximate surface area is 96.3 Å². The zero-order chi connectivity index (χ0) is 12.3. The maximum atomic E-state index is 11.0. The van der Waals surface area contributed by atoms with Crippen LogP contribution in [0.15, 0.2) is 28.0 Å². The molecule has 1 aliphatic heterocycles. The average molecular weight is 236 g/mol. The van der Waals surface area contributed by atoms with Crippen molar-refractivity contribution in [1.82, 2.24) is 14.9 Å². The minimum Gasteiger partial charge on any atom is -0.413 e. The van der Waals surface area contributed by atoms with Crippen LogP contribution in [0.3, 0.4) is 0 Å². The first-order valence-electron chi connectivity index (χ1n) is 5.02. The molecule has 1 aliphatic carbocycles. The van der Waals surface area contributed by atoms with Gasteiger partial charge in [0, 0.05) is 7.11 Å². The summed E-state index contributed by atoms with van der Waals surface area (Å²) in [6.07, 6.45) is 0. The van der Waals surface area contributed by atoms with Gasteiger partial charge in [0.15, 0.2) is 0 Å². The predicted molar refractivity (Wildman–Crippen MR) is 59.0 cm³/mol. The van der Waals surface area contributed by atoms with Crippen molar-refractivity contribution in [2.45, 2.75) is 0 Å². The summed E-state index contributed by atoms with van der Waals surface area (Å²) in [6.45, 7) is 1.06. The van der Waals surface area contributed by atoms with Gasteiger partial charge in [0.05, 0.1) is 24.2 Å². The van der Waals surface area contributed by atoms with E-state index in [4.69, 9.17) is 4.74 Å². The SMILES string of the molecule is COCCN=c1ccc2nc(=O)[nH]n(O)c-2c1. The summed E-state index contributed by atoms with van der Waals surface area (Å²) < 4.78 is 4.88. The molecule has 1 heterocycles. The van der Waals surface area contributed by atoms with E-state index in [-0.39, 0.29) is 0 Å². The molecular weight excluding hydrogens is 224 g/mol. The lowest BCUT2D eigenvalue weighted by Gasteiger charge is -2.06. The molecule has 2 N–H and O–H groups in total. The van der Waals surface area contributed by atoms with Gasteiger partial charge in [0.25, 0.3) is 0 Å². The lowest BCUT2D eigenvalue weighted by Crippen LogP contribution is -2.22. The van der Waals surface area contributed by atoms with Gasteiger partial charge in [-0.1, -0.05) is 0 Å². The number of methoxy groups -OCH3 is 1. The highest BCUT2D eigenvalue weighted by atomic mass is 16.5. The van der Waals surface area contributed by atoms with E-state index in [1.54, 1.807) is 25.3 Å². The Morgan fingerprint density at radius 3 is 3.18 bits per heavy atom. The van der Waals surface area contributed by atoms with Gasteiger partial charge in [-0.3, -0.25) is 4.99 Å². The molecule has 2 aliphatic rings. The summed E-state index contributed by atoms with van der Waals surface area (Å²) in [7, 11) is 1.60. The number of benzene rings is 1. The zero-order valence-corrected chi connectivity index (χ0v) is 9.25. The Bertz CT molecular complexity index is 601. The van der Waals surface area contributed by atoms with Gasteiger partial charge in [0.2, 0.25) is 0 Å². The number of ether oxygens (including phenoxy) is 1. The molecule has 17 heavy (non-hydrogen) atoms. The molecule has 0 bridgehead atoms. The lowest BCUT2D eigenvalue weighted by atomic mass is 10.2. The second kappa shape index (κ2) is 4.79. The van der Waals surface area contributed by atoms with Crippen LogP contribution in [0.4, 0.5) is 0 Å². The van der Waals surface area contributed by atoms with Crippen molar-refractivity contribution < 1.29 is 9.94 Å². The number of H-pyrrole nitrogens is 1. The molecule has 0 aromatic carbocycles. The summed E-state index contributed by atoms with van der Waals surface area (Å²) in [5.74, 6) is 0. The Morgan fingerprint density at radius 2 is 2.41 bits per heavy atom. The number of aromatic amines is 1. The van der Waals surface area contributed by atoms with E-state index in [0.29, 0.717) is 34.7 Å². The third kappa shape index (κ3) is 2.51. The lowest BCUT2D eigenvalue weighted by molar-refractivity contribution is 0.144. The average Bonchev–Trinajstić information content (AvgIpc) is 2.30. The van der Waals surface area contributed by atoms with E-state index in [9.17, 15) is 10.0 Å². The van der Waals surface area contributed by atoms with Gasteiger partial charge in [-0.2, -0.15) is 4.98 Å². The standard InChI is InChI=1S/C10H12N4O3/c1-17-5-4-11-7-2-3-8-9(6-7)14(16)13-10(15)12-8/h2-3,6,16H,4-5H2,1H3,(H,13,15). The van der Waals surface area contributed by atoms with Crippen LogP contribution >= 0.6 is 0 Å². The smallest absolute Gasteiger partial charge is 0.362 e. The largest absolute Gasteiger partial charge is 0.413 e. The first-order valence-corrected chi connectivity index (χ1v) is 5.02. The fourth-order valence-electron chi connectivity index (χ4n) is 1.43. The summed E-state index contributed by atoms with van der Waals surface area (Å²) in [5.41, 5.74) is 0.189. The van der Waals surface area contributed by atoms with E-state index in [1.807, 2.05) is 0 Å². The molecule has 90 valence electrons. The van der Waals surface area contributed by atoms with E-state index in [2.05, 4.69) is 15.1 Å². The number of hydrogen-bond acceptors (Lipinski definition) is 5. The first kappa shape index (κ1) is 11.3. The van der Waals surface area contributed by atoms with Crippen molar-refractivity contribution in [3.63, 3.8) is 0 Å². The van der Waals surface area contributed by atoms with Crippen molar-refractivity contribution in [1.29, 1.82) is 0 Å². The van der Waals surface area contributed by atoms with Crippen LogP contribution in [0, 0.1) is 0 Å². The Kier molecular flexibility index (Phi) is 3.20. The summed E-state index contributed by atoms with van der Waals surface area (Å²) in [4.78, 5) is 19.6. The molecular formula is C10H12N4O3. The van der Waals surface area contributed by atoms with E-state index in [0.717, 1.165) is 0 Å². The number of rotatable bonds is 3. The van der Waals surface area contributed by atoms with E-state index >= 15 is 0 Å². The number of hydrogen-bond donors (Lipinski definition) is 2. The second-order valence-corrected chi connectivity index (χ2v) is 3.39. The molecule has 0 unspecified atom stereocenters. The van der Waals surface area contributed by atoms with Crippen LogP contribution in [0.25, 0.3) is 11.4 Å². The Hall–Kier alpha value is -2.15. The number of nitrogens with zero attached hydrogens (tertiary/aromatic N) is 3. The normalized spacial score (nSPS) is 12.2. The molecule has 0 aromatic heterocycles. The molecule has 0 aromatic rings. The highest BCUT2D eigenvalue weighted by molar-refractivity contribution is 5.53. The molecule has 0 fully saturated rings. The summed E-state index contributed by atoms with van der Waals surface area (Å²) >= 11 is 0. The topological polar surface area (TPSA) is 92.5 Å². The fraction of sp³-hybridized carbons (Fsp3) is 0.300. The molecule has 7 heteroatoms. The van der Waals surface area contributed by atoms with Gasteiger partial charge in [-0.05, 0) is 18.2 Å². The number of aromatic nitrogens is 3. The van der Waals surface area contributed by atoms with Crippen LogP contribution in [0.2, 0.25) is 0 Å². The number of fused-ring (bicyclic) bond motifs is 1. The molecule has 2 rings (SSSR count). The molecule has 0 radical (unpaired) electrons. The Morgan fingerprint density at radius 1 is 1.59 bits per heavy atom. The molecule has 0 amide bonds. The van der Waals surface area contributed by atoms with Gasteiger partial charge in [-0.15, -0.1) is 4.85 Å². The highest BCUT2D eigenvalue weighted by Gasteiger charge is 2.07.